The Morgan fingerprint density at radius 2 is 1.78 bits per heavy atom. The Morgan fingerprint density at radius 3 is 2.50 bits per heavy atom. The van der Waals surface area contributed by atoms with E-state index in [1.807, 2.05) is 18.2 Å². The third-order valence-electron chi connectivity index (χ3n) is 7.61. The van der Waals surface area contributed by atoms with Gasteiger partial charge < -0.3 is 29.7 Å². The van der Waals surface area contributed by atoms with Gasteiger partial charge in [0.05, 0.1) is 25.2 Å². The molecule has 1 saturated heterocycles. The molecule has 3 N–H and O–H groups in total. The Balaban J connectivity index is 1.49. The minimum atomic E-state index is -0.0491. The molecule has 5 rings (SSSR count). The molecule has 2 fully saturated rings. The summed E-state index contributed by atoms with van der Waals surface area (Å²) >= 11 is 1.43. The topological polar surface area (TPSA) is 95.3 Å². The number of aromatic nitrogens is 1. The highest BCUT2D eigenvalue weighted by molar-refractivity contribution is 7.15. The van der Waals surface area contributed by atoms with Crippen LogP contribution in [0, 0.1) is 0 Å². The zero-order chi connectivity index (χ0) is 25.3. The Kier molecular flexibility index (Phi) is 6.99. The van der Waals surface area contributed by atoms with Crippen LogP contribution < -0.4 is 9.64 Å². The van der Waals surface area contributed by atoms with Gasteiger partial charge in [-0.2, -0.15) is 4.98 Å². The van der Waals surface area contributed by atoms with Crippen LogP contribution in [-0.2, 0) is 16.6 Å². The fourth-order valence-corrected chi connectivity index (χ4v) is 6.46. The first-order chi connectivity index (χ1) is 17.4. The standard InChI is InChI=1S/C28H34N2O5S/c1-28(8-4-3-5-9-28)21-15-18(6-7-22(21)31)19-14-20(25(32)23(16-19)34-2)17-24-26(33)29-27(36-24)30-10-12-35-13-11-30/h6-7,14-16,31-33H,3-5,8-13,17H2,1-2H3. The van der Waals surface area contributed by atoms with E-state index in [4.69, 9.17) is 9.47 Å². The van der Waals surface area contributed by atoms with Gasteiger partial charge in [-0.25, -0.2) is 0 Å². The molecule has 2 heterocycles. The molecule has 0 spiro atoms. The Hall–Kier alpha value is -2.97. The number of thiazole rings is 1. The van der Waals surface area contributed by atoms with E-state index >= 15 is 0 Å². The number of anilines is 1. The van der Waals surface area contributed by atoms with Crippen LogP contribution >= 0.6 is 11.3 Å². The van der Waals surface area contributed by atoms with Crippen molar-refractivity contribution in [3.8, 4) is 34.3 Å². The van der Waals surface area contributed by atoms with Gasteiger partial charge in [0.25, 0.3) is 0 Å². The van der Waals surface area contributed by atoms with E-state index in [0.29, 0.717) is 41.6 Å². The molecule has 3 aromatic rings. The van der Waals surface area contributed by atoms with Crippen molar-refractivity contribution in [2.45, 2.75) is 50.9 Å². The summed E-state index contributed by atoms with van der Waals surface area (Å²) < 4.78 is 10.9. The summed E-state index contributed by atoms with van der Waals surface area (Å²) in [6, 6.07) is 9.51. The fourth-order valence-electron chi connectivity index (χ4n) is 5.43. The second-order valence-electron chi connectivity index (χ2n) is 10.1. The lowest BCUT2D eigenvalue weighted by atomic mass is 9.70. The van der Waals surface area contributed by atoms with Gasteiger partial charge in [-0.05, 0) is 53.6 Å². The van der Waals surface area contributed by atoms with Crippen molar-refractivity contribution in [1.29, 1.82) is 0 Å². The number of aromatic hydroxyl groups is 3. The average molecular weight is 511 g/mol. The normalized spacial score (nSPS) is 17.8. The van der Waals surface area contributed by atoms with Gasteiger partial charge in [0, 0.05) is 30.6 Å². The minimum absolute atomic E-state index is 0.0117. The van der Waals surface area contributed by atoms with E-state index in [1.54, 1.807) is 6.07 Å². The summed E-state index contributed by atoms with van der Waals surface area (Å²) in [5.41, 5.74) is 3.42. The van der Waals surface area contributed by atoms with Crippen molar-refractivity contribution in [3.05, 3.63) is 46.3 Å². The molecule has 192 valence electrons. The molecule has 1 aromatic heterocycles. The molecule has 2 aliphatic rings. The summed E-state index contributed by atoms with van der Waals surface area (Å²) in [5.74, 6) is 0.750. The van der Waals surface area contributed by atoms with E-state index in [1.165, 1.54) is 37.7 Å². The van der Waals surface area contributed by atoms with Gasteiger partial charge in [-0.1, -0.05) is 43.6 Å². The predicted molar refractivity (Wildman–Crippen MR) is 142 cm³/mol. The number of rotatable bonds is 6. The van der Waals surface area contributed by atoms with Crippen LogP contribution in [0.2, 0.25) is 0 Å². The molecule has 0 amide bonds. The van der Waals surface area contributed by atoms with Crippen molar-refractivity contribution in [2.75, 3.05) is 38.3 Å². The van der Waals surface area contributed by atoms with E-state index < -0.39 is 0 Å². The first-order valence-corrected chi connectivity index (χ1v) is 13.4. The highest BCUT2D eigenvalue weighted by Crippen LogP contribution is 2.45. The van der Waals surface area contributed by atoms with Crippen molar-refractivity contribution < 1.29 is 24.8 Å². The largest absolute Gasteiger partial charge is 0.508 e. The number of morpholine rings is 1. The molecular formula is C28H34N2O5S. The highest BCUT2D eigenvalue weighted by atomic mass is 32.1. The minimum Gasteiger partial charge on any atom is -0.508 e. The molecule has 8 heteroatoms. The summed E-state index contributed by atoms with van der Waals surface area (Å²) in [5, 5.41) is 33.0. The van der Waals surface area contributed by atoms with Gasteiger partial charge in [-0.15, -0.1) is 0 Å². The van der Waals surface area contributed by atoms with Crippen LogP contribution in [0.25, 0.3) is 11.1 Å². The smallest absolute Gasteiger partial charge is 0.227 e. The van der Waals surface area contributed by atoms with Crippen molar-refractivity contribution in [3.63, 3.8) is 0 Å². The van der Waals surface area contributed by atoms with E-state index in [-0.39, 0.29) is 17.0 Å². The molecule has 1 aliphatic carbocycles. The monoisotopic (exact) mass is 510 g/mol. The number of hydrogen-bond acceptors (Lipinski definition) is 8. The van der Waals surface area contributed by atoms with Crippen LogP contribution in [-0.4, -0.2) is 53.7 Å². The summed E-state index contributed by atoms with van der Waals surface area (Å²) in [6.45, 7) is 5.01. The first kappa shape index (κ1) is 24.7. The number of ether oxygens (including phenoxy) is 2. The quantitative estimate of drug-likeness (QED) is 0.398. The second-order valence-corrected chi connectivity index (χ2v) is 11.1. The maximum Gasteiger partial charge on any atom is 0.227 e. The van der Waals surface area contributed by atoms with E-state index in [2.05, 4.69) is 22.9 Å². The van der Waals surface area contributed by atoms with E-state index in [0.717, 1.165) is 47.8 Å². The molecule has 1 saturated carbocycles. The average Bonchev–Trinajstić information content (AvgIpc) is 3.26. The Morgan fingerprint density at radius 1 is 1.03 bits per heavy atom. The summed E-state index contributed by atoms with van der Waals surface area (Å²) in [6.07, 6.45) is 6.03. The second kappa shape index (κ2) is 10.2. The molecule has 0 atom stereocenters. The van der Waals surface area contributed by atoms with Crippen molar-refractivity contribution >= 4 is 16.5 Å². The zero-order valence-corrected chi connectivity index (χ0v) is 21.7. The van der Waals surface area contributed by atoms with Crippen LogP contribution in [0.1, 0.15) is 55.0 Å². The molecule has 0 radical (unpaired) electrons. The van der Waals surface area contributed by atoms with Gasteiger partial charge in [0.15, 0.2) is 16.6 Å². The Labute approximate surface area is 216 Å². The van der Waals surface area contributed by atoms with E-state index in [9.17, 15) is 15.3 Å². The van der Waals surface area contributed by atoms with Crippen molar-refractivity contribution in [1.82, 2.24) is 4.98 Å². The lowest BCUT2D eigenvalue weighted by Crippen LogP contribution is -2.36. The lowest BCUT2D eigenvalue weighted by Gasteiger charge is -2.35. The predicted octanol–water partition coefficient (Wildman–Crippen LogP) is 5.58. The number of phenols is 2. The molecule has 0 unspecified atom stereocenters. The molecule has 7 nitrogen and oxygen atoms in total. The van der Waals surface area contributed by atoms with Crippen LogP contribution in [0.15, 0.2) is 30.3 Å². The number of benzene rings is 2. The van der Waals surface area contributed by atoms with Crippen LogP contribution in [0.4, 0.5) is 5.13 Å². The van der Waals surface area contributed by atoms with Crippen molar-refractivity contribution in [2.24, 2.45) is 0 Å². The van der Waals surface area contributed by atoms with Gasteiger partial charge in [0.1, 0.15) is 5.75 Å². The number of hydrogen-bond donors (Lipinski definition) is 3. The number of phenolic OH excluding ortho intramolecular Hbond substituents is 2. The van der Waals surface area contributed by atoms with Gasteiger partial charge in [0.2, 0.25) is 5.88 Å². The summed E-state index contributed by atoms with van der Waals surface area (Å²) in [7, 11) is 1.54. The van der Waals surface area contributed by atoms with Gasteiger partial charge in [-0.3, -0.25) is 0 Å². The van der Waals surface area contributed by atoms with Crippen LogP contribution in [0.3, 0.4) is 0 Å². The SMILES string of the molecule is COc1cc(-c2ccc(O)c(C3(C)CCCCC3)c2)cc(Cc2sc(N3CCOCC3)nc2O)c1O. The highest BCUT2D eigenvalue weighted by Gasteiger charge is 2.31. The maximum atomic E-state index is 10.9. The molecule has 36 heavy (non-hydrogen) atoms. The van der Waals surface area contributed by atoms with Gasteiger partial charge >= 0.3 is 0 Å². The molecular weight excluding hydrogens is 476 g/mol. The molecule has 1 aliphatic heterocycles. The van der Waals surface area contributed by atoms with Crippen LogP contribution in [0.5, 0.6) is 23.1 Å². The number of nitrogens with zero attached hydrogens (tertiary/aromatic N) is 2. The first-order valence-electron chi connectivity index (χ1n) is 12.6. The lowest BCUT2D eigenvalue weighted by molar-refractivity contribution is 0.122. The zero-order valence-electron chi connectivity index (χ0n) is 20.9. The summed E-state index contributed by atoms with van der Waals surface area (Å²) in [4.78, 5) is 7.16. The maximum absolute atomic E-state index is 10.9. The third-order valence-corrected chi connectivity index (χ3v) is 8.71. The molecule has 0 bridgehead atoms. The third kappa shape index (κ3) is 4.84. The molecule has 2 aromatic carbocycles. The number of methoxy groups -OCH3 is 1. The fraction of sp³-hybridized carbons (Fsp3) is 0.464. The Bertz CT molecular complexity index is 1230.